The van der Waals surface area contributed by atoms with Gasteiger partial charge in [0.2, 0.25) is 0 Å². The van der Waals surface area contributed by atoms with Crippen molar-refractivity contribution in [2.75, 3.05) is 0 Å². The minimum atomic E-state index is -0.510. The Hall–Kier alpha value is -2.16. The van der Waals surface area contributed by atoms with Gasteiger partial charge in [-0.25, -0.2) is 8.78 Å². The van der Waals surface area contributed by atoms with E-state index in [2.05, 4.69) is 0 Å². The van der Waals surface area contributed by atoms with E-state index in [0.29, 0.717) is 5.69 Å². The van der Waals surface area contributed by atoms with Gasteiger partial charge in [-0.2, -0.15) is 0 Å². The van der Waals surface area contributed by atoms with E-state index in [1.807, 2.05) is 0 Å². The molecule has 0 spiro atoms. The van der Waals surface area contributed by atoms with Crippen LogP contribution in [0.5, 0.6) is 0 Å². The van der Waals surface area contributed by atoms with E-state index in [4.69, 9.17) is 0 Å². The quantitative estimate of drug-likeness (QED) is 0.752. The van der Waals surface area contributed by atoms with Gasteiger partial charge < -0.3 is 4.57 Å². The summed E-state index contributed by atoms with van der Waals surface area (Å²) in [7, 11) is 0. The lowest BCUT2D eigenvalue weighted by Gasteiger charge is -2.13. The van der Waals surface area contributed by atoms with Crippen LogP contribution in [0.25, 0.3) is 5.69 Å². The van der Waals surface area contributed by atoms with E-state index >= 15 is 0 Å². The Morgan fingerprint density at radius 3 is 2.28 bits per heavy atom. The molecule has 0 N–H and O–H groups in total. The highest BCUT2D eigenvalue weighted by molar-refractivity contribution is 5.45. The van der Waals surface area contributed by atoms with E-state index in [0.717, 1.165) is 0 Å². The zero-order chi connectivity index (χ0) is 12.5. The fourth-order valence-electron chi connectivity index (χ4n) is 2.18. The molecular weight excluding hydrogens is 232 g/mol. The Balaban J connectivity index is 2.17. The van der Waals surface area contributed by atoms with Crippen molar-refractivity contribution in [2.24, 2.45) is 0 Å². The van der Waals surface area contributed by atoms with Crippen molar-refractivity contribution in [1.29, 1.82) is 0 Å². The second kappa shape index (κ2) is 4.26. The molecule has 3 rings (SSSR count). The molecule has 1 nitrogen and oxygen atoms in total. The maximum atomic E-state index is 14.4. The second-order valence-electron chi connectivity index (χ2n) is 4.18. The first-order valence-corrected chi connectivity index (χ1v) is 5.73. The van der Waals surface area contributed by atoms with Crippen molar-refractivity contribution in [1.82, 2.24) is 4.57 Å². The summed E-state index contributed by atoms with van der Waals surface area (Å²) in [5, 5.41) is 0. The molecule has 3 heteroatoms. The van der Waals surface area contributed by atoms with Crippen LogP contribution in [0.15, 0.2) is 61.0 Å². The molecule has 2 aromatic rings. The molecule has 18 heavy (non-hydrogen) atoms. The maximum absolute atomic E-state index is 14.4. The van der Waals surface area contributed by atoms with Crippen LogP contribution in [0, 0.1) is 11.6 Å². The Kier molecular flexibility index (Phi) is 2.59. The first kappa shape index (κ1) is 11.0. The first-order chi connectivity index (χ1) is 8.77. The van der Waals surface area contributed by atoms with Crippen molar-refractivity contribution in [3.05, 3.63) is 78.2 Å². The number of nitrogens with zero attached hydrogens (tertiary/aromatic N) is 1. The summed E-state index contributed by atoms with van der Waals surface area (Å²) >= 11 is 0. The summed E-state index contributed by atoms with van der Waals surface area (Å²) in [4.78, 5) is 0. The zero-order valence-corrected chi connectivity index (χ0v) is 9.55. The molecule has 0 bridgehead atoms. The van der Waals surface area contributed by atoms with Crippen LogP contribution in [0.3, 0.4) is 0 Å². The Bertz CT molecular complexity index is 612. The zero-order valence-electron chi connectivity index (χ0n) is 9.55. The number of hydrogen-bond donors (Lipinski definition) is 0. The number of aromatic nitrogens is 1. The number of rotatable bonds is 2. The van der Waals surface area contributed by atoms with Crippen molar-refractivity contribution in [3.63, 3.8) is 0 Å². The summed E-state index contributed by atoms with van der Waals surface area (Å²) in [6.45, 7) is 0. The Morgan fingerprint density at radius 2 is 1.61 bits per heavy atom. The van der Waals surface area contributed by atoms with Crippen molar-refractivity contribution in [3.8, 4) is 5.69 Å². The number of allylic oxidation sites excluding steroid dienone is 4. The minimum absolute atomic E-state index is 0.103. The predicted octanol–water partition coefficient (Wildman–Crippen LogP) is 3.97. The van der Waals surface area contributed by atoms with Gasteiger partial charge in [0.15, 0.2) is 5.82 Å². The molecule has 0 amide bonds. The molecule has 0 aliphatic heterocycles. The fraction of sp³-hybridized carbons (Fsp3) is 0.0667. The van der Waals surface area contributed by atoms with Crippen LogP contribution in [-0.2, 0) is 0 Å². The summed E-state index contributed by atoms with van der Waals surface area (Å²) in [6, 6.07) is 6.37. The SMILES string of the molecule is Fc1ccc(-n2cccc2)c(F)c1C1C=CC=C1. The average Bonchev–Trinajstić information content (AvgIpc) is 3.01. The van der Waals surface area contributed by atoms with E-state index in [1.54, 1.807) is 53.4 Å². The molecule has 0 saturated carbocycles. The highest BCUT2D eigenvalue weighted by Gasteiger charge is 2.20. The maximum Gasteiger partial charge on any atom is 0.154 e. The van der Waals surface area contributed by atoms with Gasteiger partial charge in [-0.05, 0) is 24.3 Å². The molecule has 0 unspecified atom stereocenters. The molecule has 1 aliphatic carbocycles. The lowest BCUT2D eigenvalue weighted by molar-refractivity contribution is 0.551. The lowest BCUT2D eigenvalue weighted by atomic mass is 9.98. The molecule has 1 aliphatic rings. The van der Waals surface area contributed by atoms with Crippen LogP contribution >= 0.6 is 0 Å². The van der Waals surface area contributed by atoms with Gasteiger partial charge in [0, 0.05) is 23.9 Å². The van der Waals surface area contributed by atoms with Crippen LogP contribution in [0.2, 0.25) is 0 Å². The van der Waals surface area contributed by atoms with Crippen LogP contribution in [0.4, 0.5) is 8.78 Å². The number of benzene rings is 1. The summed E-state index contributed by atoms with van der Waals surface area (Å²) in [6.07, 6.45) is 10.6. The third kappa shape index (κ3) is 1.68. The lowest BCUT2D eigenvalue weighted by Crippen LogP contribution is -2.04. The van der Waals surface area contributed by atoms with Crippen molar-refractivity contribution in [2.45, 2.75) is 5.92 Å². The van der Waals surface area contributed by atoms with Gasteiger partial charge >= 0.3 is 0 Å². The van der Waals surface area contributed by atoms with Crippen LogP contribution < -0.4 is 0 Å². The summed E-state index contributed by atoms with van der Waals surface area (Å²) < 4.78 is 29.9. The van der Waals surface area contributed by atoms with Crippen molar-refractivity contribution < 1.29 is 8.78 Å². The predicted molar refractivity (Wildman–Crippen MR) is 66.7 cm³/mol. The molecule has 1 aromatic heterocycles. The largest absolute Gasteiger partial charge is 0.321 e. The fourth-order valence-corrected chi connectivity index (χ4v) is 2.18. The van der Waals surface area contributed by atoms with Gasteiger partial charge in [-0.1, -0.05) is 24.3 Å². The number of hydrogen-bond acceptors (Lipinski definition) is 0. The second-order valence-corrected chi connectivity index (χ2v) is 4.18. The van der Waals surface area contributed by atoms with E-state index in [9.17, 15) is 8.78 Å². The number of halogens is 2. The molecule has 0 fully saturated rings. The first-order valence-electron chi connectivity index (χ1n) is 5.73. The van der Waals surface area contributed by atoms with E-state index < -0.39 is 11.6 Å². The average molecular weight is 243 g/mol. The normalized spacial score (nSPS) is 14.6. The highest BCUT2D eigenvalue weighted by atomic mass is 19.1. The molecule has 90 valence electrons. The third-order valence-corrected chi connectivity index (χ3v) is 3.07. The van der Waals surface area contributed by atoms with E-state index in [1.165, 1.54) is 12.1 Å². The minimum Gasteiger partial charge on any atom is -0.321 e. The Morgan fingerprint density at radius 1 is 0.944 bits per heavy atom. The van der Waals surface area contributed by atoms with Gasteiger partial charge in [0.25, 0.3) is 0 Å². The third-order valence-electron chi connectivity index (χ3n) is 3.07. The summed E-state index contributed by atoms with van der Waals surface area (Å²) in [5.41, 5.74) is 0.469. The molecule has 0 saturated heterocycles. The topological polar surface area (TPSA) is 4.93 Å². The van der Waals surface area contributed by atoms with Crippen molar-refractivity contribution >= 4 is 0 Å². The van der Waals surface area contributed by atoms with E-state index in [-0.39, 0.29) is 11.5 Å². The monoisotopic (exact) mass is 243 g/mol. The molecule has 0 radical (unpaired) electrons. The van der Waals surface area contributed by atoms with Gasteiger partial charge in [-0.15, -0.1) is 0 Å². The Labute approximate surface area is 104 Å². The van der Waals surface area contributed by atoms with Gasteiger partial charge in [0.05, 0.1) is 5.69 Å². The molecular formula is C15H11F2N. The molecule has 1 aromatic carbocycles. The van der Waals surface area contributed by atoms with Crippen LogP contribution in [0.1, 0.15) is 11.5 Å². The van der Waals surface area contributed by atoms with Crippen LogP contribution in [-0.4, -0.2) is 4.57 Å². The molecule has 0 atom stereocenters. The standard InChI is InChI=1S/C15H11F2N/c16-12-7-8-13(18-9-3-4-10-18)15(17)14(12)11-5-1-2-6-11/h1-11H. The smallest absolute Gasteiger partial charge is 0.154 e. The molecule has 1 heterocycles. The van der Waals surface area contributed by atoms with Gasteiger partial charge in [0.1, 0.15) is 5.82 Å². The van der Waals surface area contributed by atoms with Gasteiger partial charge in [-0.3, -0.25) is 0 Å². The highest BCUT2D eigenvalue weighted by Crippen LogP contribution is 2.30. The summed E-state index contributed by atoms with van der Waals surface area (Å²) in [5.74, 6) is -1.34.